The van der Waals surface area contributed by atoms with Crippen LogP contribution in [0.4, 0.5) is 5.69 Å². The Labute approximate surface area is 190 Å². The Morgan fingerprint density at radius 1 is 1.19 bits per heavy atom. The zero-order valence-electron chi connectivity index (χ0n) is 17.9. The average molecular weight is 460 g/mol. The molecular formula is C22H26ClN5O4. The third kappa shape index (κ3) is 4.63. The molecule has 170 valence electrons. The Hall–Kier alpha value is -2.91. The van der Waals surface area contributed by atoms with Gasteiger partial charge in [-0.25, -0.2) is 5.10 Å². The van der Waals surface area contributed by atoms with Gasteiger partial charge in [0, 0.05) is 39.6 Å². The number of amides is 2. The topological polar surface area (TPSA) is 98.8 Å². The van der Waals surface area contributed by atoms with E-state index in [0.717, 1.165) is 11.1 Å². The molecule has 10 heteroatoms. The van der Waals surface area contributed by atoms with Crippen LogP contribution in [0, 0.1) is 0 Å². The summed E-state index contributed by atoms with van der Waals surface area (Å²) in [6.45, 7) is 5.03. The molecule has 4 rings (SSSR count). The van der Waals surface area contributed by atoms with Crippen molar-refractivity contribution < 1.29 is 14.3 Å². The zero-order valence-corrected chi connectivity index (χ0v) is 18.7. The predicted octanol–water partition coefficient (Wildman–Crippen LogP) is 1.58. The lowest BCUT2D eigenvalue weighted by molar-refractivity contribution is -0.139. The Kier molecular flexibility index (Phi) is 6.76. The molecule has 1 aromatic heterocycles. The van der Waals surface area contributed by atoms with E-state index in [-0.39, 0.29) is 29.3 Å². The van der Waals surface area contributed by atoms with Gasteiger partial charge in [0.25, 0.3) is 5.56 Å². The summed E-state index contributed by atoms with van der Waals surface area (Å²) in [5.74, 6) is 0.0660. The summed E-state index contributed by atoms with van der Waals surface area (Å²) in [6.07, 6.45) is 1.83. The molecule has 2 aromatic rings. The van der Waals surface area contributed by atoms with E-state index in [2.05, 4.69) is 10.2 Å². The number of fused-ring (bicyclic) bond motifs is 1. The van der Waals surface area contributed by atoms with E-state index in [1.165, 1.54) is 0 Å². The van der Waals surface area contributed by atoms with Crippen LogP contribution < -0.4 is 10.5 Å². The first-order chi connectivity index (χ1) is 15.5. The summed E-state index contributed by atoms with van der Waals surface area (Å²) in [4.78, 5) is 41.4. The molecule has 1 aromatic carbocycles. The van der Waals surface area contributed by atoms with Crippen molar-refractivity contribution in [2.75, 3.05) is 44.3 Å². The van der Waals surface area contributed by atoms with Crippen molar-refractivity contribution >= 4 is 29.1 Å². The largest absolute Gasteiger partial charge is 0.378 e. The fourth-order valence-electron chi connectivity index (χ4n) is 4.26. The van der Waals surface area contributed by atoms with Crippen LogP contribution in [0.3, 0.4) is 0 Å². The fraction of sp³-hybridized carbons (Fsp3) is 0.455. The molecule has 3 heterocycles. The number of carbonyl (C=O) groups is 2. The fourth-order valence-corrected chi connectivity index (χ4v) is 4.45. The molecule has 0 spiro atoms. The number of ether oxygens (including phenoxy) is 1. The van der Waals surface area contributed by atoms with Gasteiger partial charge in [-0.05, 0) is 11.1 Å². The summed E-state index contributed by atoms with van der Waals surface area (Å²) in [5, 5.41) is 6.34. The molecule has 1 atom stereocenters. The highest BCUT2D eigenvalue weighted by atomic mass is 35.5. The third-order valence-corrected chi connectivity index (χ3v) is 6.40. The number of anilines is 1. The summed E-state index contributed by atoms with van der Waals surface area (Å²) in [7, 11) is 0. The number of hydrogen-bond donors (Lipinski definition) is 1. The molecule has 2 amide bonds. The molecule has 0 saturated carbocycles. The summed E-state index contributed by atoms with van der Waals surface area (Å²) in [6, 6.07) is 7.89. The average Bonchev–Trinajstić information content (AvgIpc) is 3.16. The van der Waals surface area contributed by atoms with Gasteiger partial charge in [0.05, 0.1) is 37.6 Å². The Bertz CT molecular complexity index is 1050. The number of benzene rings is 1. The summed E-state index contributed by atoms with van der Waals surface area (Å²) >= 11 is 6.26. The van der Waals surface area contributed by atoms with Crippen molar-refractivity contribution in [3.05, 3.63) is 57.0 Å². The van der Waals surface area contributed by atoms with Gasteiger partial charge in [-0.1, -0.05) is 35.9 Å². The normalized spacial score (nSPS) is 18.1. The van der Waals surface area contributed by atoms with E-state index in [1.54, 1.807) is 22.9 Å². The minimum atomic E-state index is -0.435. The van der Waals surface area contributed by atoms with Crippen LogP contribution >= 0.6 is 11.6 Å². The maximum atomic E-state index is 12.5. The van der Waals surface area contributed by atoms with Crippen LogP contribution in [0.15, 0.2) is 35.3 Å². The predicted molar refractivity (Wildman–Crippen MR) is 120 cm³/mol. The van der Waals surface area contributed by atoms with E-state index >= 15 is 0 Å². The number of piperazine rings is 1. The van der Waals surface area contributed by atoms with Crippen molar-refractivity contribution in [1.82, 2.24) is 20.0 Å². The first-order valence-electron chi connectivity index (χ1n) is 10.6. The van der Waals surface area contributed by atoms with Crippen molar-refractivity contribution in [2.24, 2.45) is 0 Å². The minimum absolute atomic E-state index is 0.0266. The number of aromatic nitrogens is 2. The van der Waals surface area contributed by atoms with Gasteiger partial charge >= 0.3 is 0 Å². The van der Waals surface area contributed by atoms with Gasteiger partial charge in [-0.3, -0.25) is 14.4 Å². The Morgan fingerprint density at radius 2 is 1.91 bits per heavy atom. The van der Waals surface area contributed by atoms with Crippen LogP contribution in [-0.2, 0) is 20.9 Å². The van der Waals surface area contributed by atoms with Gasteiger partial charge in [-0.15, -0.1) is 0 Å². The van der Waals surface area contributed by atoms with Crippen LogP contribution in [0.2, 0.25) is 5.02 Å². The highest BCUT2D eigenvalue weighted by molar-refractivity contribution is 6.33. The lowest BCUT2D eigenvalue weighted by Gasteiger charge is -2.34. The van der Waals surface area contributed by atoms with Gasteiger partial charge < -0.3 is 19.4 Å². The molecule has 32 heavy (non-hydrogen) atoms. The van der Waals surface area contributed by atoms with Gasteiger partial charge in [0.1, 0.15) is 5.02 Å². The number of hydrogen-bond acceptors (Lipinski definition) is 6. The van der Waals surface area contributed by atoms with E-state index in [9.17, 15) is 14.4 Å². The number of H-pyrrole nitrogens is 1. The van der Waals surface area contributed by atoms with Gasteiger partial charge in [-0.2, -0.15) is 5.10 Å². The van der Waals surface area contributed by atoms with Crippen LogP contribution in [0.1, 0.15) is 30.5 Å². The number of nitrogens with one attached hydrogen (secondary N) is 1. The molecule has 1 N–H and O–H groups in total. The lowest BCUT2D eigenvalue weighted by Crippen LogP contribution is -2.50. The van der Waals surface area contributed by atoms with E-state index in [1.807, 2.05) is 29.2 Å². The van der Waals surface area contributed by atoms with Crippen LogP contribution in [0.25, 0.3) is 0 Å². The van der Waals surface area contributed by atoms with E-state index in [4.69, 9.17) is 16.3 Å². The summed E-state index contributed by atoms with van der Waals surface area (Å²) < 4.78 is 5.91. The van der Waals surface area contributed by atoms with Crippen molar-refractivity contribution in [3.8, 4) is 0 Å². The zero-order chi connectivity index (χ0) is 22.7. The molecule has 0 unspecified atom stereocenters. The maximum absolute atomic E-state index is 12.5. The third-order valence-electron chi connectivity index (χ3n) is 6.03. The van der Waals surface area contributed by atoms with Crippen LogP contribution in [-0.4, -0.2) is 71.2 Å². The molecule has 9 nitrogen and oxygen atoms in total. The van der Waals surface area contributed by atoms with E-state index in [0.29, 0.717) is 51.6 Å². The second kappa shape index (κ2) is 9.70. The molecule has 2 aliphatic rings. The van der Waals surface area contributed by atoms with Crippen molar-refractivity contribution in [2.45, 2.75) is 25.9 Å². The van der Waals surface area contributed by atoms with Crippen molar-refractivity contribution in [1.29, 1.82) is 0 Å². The second-order valence-electron chi connectivity index (χ2n) is 7.95. The molecular weight excluding hydrogens is 434 g/mol. The number of halogens is 1. The molecule has 0 bridgehead atoms. The number of nitrogens with zero attached hydrogens (tertiary/aromatic N) is 4. The molecule has 2 aliphatic heterocycles. The first-order valence-corrected chi connectivity index (χ1v) is 11.0. The lowest BCUT2D eigenvalue weighted by atomic mass is 10.1. The molecule has 1 fully saturated rings. The highest BCUT2D eigenvalue weighted by Crippen LogP contribution is 2.39. The van der Waals surface area contributed by atoms with Gasteiger partial charge in [0.15, 0.2) is 0 Å². The monoisotopic (exact) mass is 459 g/mol. The minimum Gasteiger partial charge on any atom is -0.378 e. The summed E-state index contributed by atoms with van der Waals surface area (Å²) in [5.41, 5.74) is 2.36. The standard InChI is InChI=1S/C22H26ClN5O4/c1-15(29)26-7-9-27(10-8-26)20(30)6-11-32-14-19-17-5-3-2-4-16(17)13-28(19)18-12-24-25-22(31)21(18)23/h2-5,12,19H,6-11,13-14H2,1H3,(H,25,31)/t19-/m0/s1. The smallest absolute Gasteiger partial charge is 0.285 e. The number of aromatic amines is 1. The Balaban J connectivity index is 1.36. The van der Waals surface area contributed by atoms with Crippen molar-refractivity contribution in [3.63, 3.8) is 0 Å². The van der Waals surface area contributed by atoms with Crippen LogP contribution in [0.5, 0.6) is 0 Å². The molecule has 0 radical (unpaired) electrons. The number of carbonyl (C=O) groups excluding carboxylic acids is 2. The molecule has 1 saturated heterocycles. The number of rotatable bonds is 6. The highest BCUT2D eigenvalue weighted by Gasteiger charge is 2.32. The SMILES string of the molecule is CC(=O)N1CCN(C(=O)CCOC[C@H]2c3ccccc3CN2c2cn[nH]c(=O)c2Cl)CC1. The quantitative estimate of drug-likeness (QED) is 0.658. The Morgan fingerprint density at radius 3 is 2.66 bits per heavy atom. The van der Waals surface area contributed by atoms with E-state index < -0.39 is 5.56 Å². The first kappa shape index (κ1) is 22.3. The maximum Gasteiger partial charge on any atom is 0.285 e. The van der Waals surface area contributed by atoms with Gasteiger partial charge in [0.2, 0.25) is 11.8 Å². The molecule has 0 aliphatic carbocycles. The second-order valence-corrected chi connectivity index (χ2v) is 8.33.